The number of anilines is 1. The van der Waals surface area contributed by atoms with Crippen molar-refractivity contribution >= 4 is 34.2 Å². The van der Waals surface area contributed by atoms with Gasteiger partial charge in [0.2, 0.25) is 5.91 Å². The fourth-order valence-corrected chi connectivity index (χ4v) is 3.05. The zero-order valence-electron chi connectivity index (χ0n) is 14.0. The first kappa shape index (κ1) is 17.1. The predicted molar refractivity (Wildman–Crippen MR) is 91.9 cm³/mol. The van der Waals surface area contributed by atoms with Crippen LogP contribution in [0.25, 0.3) is 6.08 Å². The molecule has 0 aromatic carbocycles. The quantitative estimate of drug-likeness (QED) is 0.624. The number of rotatable bonds is 5. The number of allylic oxidation sites excluding steroid dienone is 1. The minimum Gasteiger partial charge on any atom is -0.291 e. The minimum absolute atomic E-state index is 0.0795. The molecule has 0 saturated carbocycles. The van der Waals surface area contributed by atoms with Crippen molar-refractivity contribution in [2.24, 2.45) is 0 Å². The number of thiazole rings is 1. The third kappa shape index (κ3) is 3.56. The van der Waals surface area contributed by atoms with Crippen LogP contribution in [-0.2, 0) is 11.3 Å². The molecule has 0 aliphatic carbocycles. The Morgan fingerprint density at radius 3 is 2.65 bits per heavy atom. The lowest BCUT2D eigenvalue weighted by molar-refractivity contribution is -0.116. The van der Waals surface area contributed by atoms with E-state index < -0.39 is 0 Å². The summed E-state index contributed by atoms with van der Waals surface area (Å²) in [6.07, 6.45) is 3.17. The van der Waals surface area contributed by atoms with Gasteiger partial charge in [-0.3, -0.25) is 19.2 Å². The zero-order chi connectivity index (χ0) is 17.1. The maximum absolute atomic E-state index is 12.4. The minimum atomic E-state index is -0.0887. The maximum Gasteiger partial charge on any atom is 0.225 e. The van der Waals surface area contributed by atoms with E-state index in [9.17, 15) is 9.59 Å². The van der Waals surface area contributed by atoms with Gasteiger partial charge in [0.15, 0.2) is 10.9 Å². The van der Waals surface area contributed by atoms with Crippen LogP contribution in [0.2, 0.25) is 0 Å². The van der Waals surface area contributed by atoms with Crippen LogP contribution in [0.1, 0.15) is 41.3 Å². The van der Waals surface area contributed by atoms with E-state index >= 15 is 0 Å². The Morgan fingerprint density at radius 2 is 2.09 bits per heavy atom. The molecule has 0 bridgehead atoms. The number of hydrogen-bond acceptors (Lipinski definition) is 5. The number of ketones is 1. The second-order valence-corrected chi connectivity index (χ2v) is 6.03. The molecule has 0 atom stereocenters. The van der Waals surface area contributed by atoms with Gasteiger partial charge in [0.05, 0.1) is 17.0 Å². The van der Waals surface area contributed by atoms with Crippen molar-refractivity contribution in [1.82, 2.24) is 14.8 Å². The summed E-state index contributed by atoms with van der Waals surface area (Å²) in [5.74, 6) is -0.168. The number of amides is 1. The first-order valence-electron chi connectivity index (χ1n) is 7.31. The van der Waals surface area contributed by atoms with Crippen molar-refractivity contribution in [2.45, 2.75) is 34.2 Å². The van der Waals surface area contributed by atoms with Gasteiger partial charge in [0, 0.05) is 31.6 Å². The van der Waals surface area contributed by atoms with E-state index in [0.717, 1.165) is 17.9 Å². The first-order chi connectivity index (χ1) is 10.8. The molecule has 6 nitrogen and oxygen atoms in total. The van der Waals surface area contributed by atoms with Gasteiger partial charge >= 0.3 is 0 Å². The molecule has 0 unspecified atom stereocenters. The molecule has 0 N–H and O–H groups in total. The Kier molecular flexibility index (Phi) is 5.10. The fourth-order valence-electron chi connectivity index (χ4n) is 2.25. The largest absolute Gasteiger partial charge is 0.291 e. The van der Waals surface area contributed by atoms with E-state index in [1.54, 1.807) is 13.1 Å². The molecule has 2 rings (SSSR count). The third-order valence-electron chi connectivity index (χ3n) is 3.60. The van der Waals surface area contributed by atoms with Crippen LogP contribution in [0.5, 0.6) is 0 Å². The maximum atomic E-state index is 12.4. The molecule has 2 aromatic rings. The average Bonchev–Trinajstić information content (AvgIpc) is 3.08. The highest BCUT2D eigenvalue weighted by Gasteiger charge is 2.16. The molecule has 2 heterocycles. The number of carbonyl (C=O) groups is 2. The van der Waals surface area contributed by atoms with Crippen molar-refractivity contribution in [1.29, 1.82) is 0 Å². The van der Waals surface area contributed by atoms with Gasteiger partial charge < -0.3 is 0 Å². The standard InChI is InChI=1S/C16H20N4O2S/c1-6-20-11(3)15(10(2)18-20)14(22)8-7-13-9-23-16(17-13)19(5)12(4)21/h7-9H,6H2,1-5H3. The summed E-state index contributed by atoms with van der Waals surface area (Å²) in [7, 11) is 1.67. The molecule has 0 aliphatic rings. The Labute approximate surface area is 139 Å². The molecule has 122 valence electrons. The lowest BCUT2D eigenvalue weighted by atomic mass is 10.1. The Balaban J connectivity index is 2.19. The number of nitrogens with zero attached hydrogens (tertiary/aromatic N) is 4. The fraction of sp³-hybridized carbons (Fsp3) is 0.375. The van der Waals surface area contributed by atoms with Gasteiger partial charge in [-0.1, -0.05) is 0 Å². The summed E-state index contributed by atoms with van der Waals surface area (Å²) in [6, 6.07) is 0. The van der Waals surface area contributed by atoms with Crippen LogP contribution in [0.15, 0.2) is 11.5 Å². The molecule has 23 heavy (non-hydrogen) atoms. The van der Waals surface area contributed by atoms with Crippen LogP contribution in [0, 0.1) is 13.8 Å². The van der Waals surface area contributed by atoms with E-state index in [0.29, 0.717) is 16.4 Å². The number of aromatic nitrogens is 3. The van der Waals surface area contributed by atoms with E-state index in [1.165, 1.54) is 29.2 Å². The van der Waals surface area contributed by atoms with Gasteiger partial charge in [0.25, 0.3) is 0 Å². The van der Waals surface area contributed by atoms with Crippen molar-refractivity contribution in [3.8, 4) is 0 Å². The number of carbonyl (C=O) groups excluding carboxylic acids is 2. The molecular formula is C16H20N4O2S. The summed E-state index contributed by atoms with van der Waals surface area (Å²) in [5, 5.41) is 6.78. The molecule has 0 spiro atoms. The topological polar surface area (TPSA) is 68.1 Å². The van der Waals surface area contributed by atoms with Crippen molar-refractivity contribution in [2.75, 3.05) is 11.9 Å². The smallest absolute Gasteiger partial charge is 0.225 e. The highest BCUT2D eigenvalue weighted by Crippen LogP contribution is 2.21. The molecule has 0 fully saturated rings. The molecule has 1 amide bonds. The van der Waals surface area contributed by atoms with Gasteiger partial charge in [-0.2, -0.15) is 5.10 Å². The van der Waals surface area contributed by atoms with Crippen LogP contribution in [-0.4, -0.2) is 33.5 Å². The van der Waals surface area contributed by atoms with E-state index in [2.05, 4.69) is 10.1 Å². The predicted octanol–water partition coefficient (Wildman–Crippen LogP) is 2.86. The second kappa shape index (κ2) is 6.87. The summed E-state index contributed by atoms with van der Waals surface area (Å²) >= 11 is 1.36. The lowest BCUT2D eigenvalue weighted by Gasteiger charge is -2.09. The van der Waals surface area contributed by atoms with Crippen LogP contribution >= 0.6 is 11.3 Å². The van der Waals surface area contributed by atoms with Crippen molar-refractivity contribution in [3.63, 3.8) is 0 Å². The van der Waals surface area contributed by atoms with Crippen molar-refractivity contribution < 1.29 is 9.59 Å². The van der Waals surface area contributed by atoms with E-state index in [4.69, 9.17) is 0 Å². The van der Waals surface area contributed by atoms with Crippen LogP contribution in [0.3, 0.4) is 0 Å². The zero-order valence-corrected chi connectivity index (χ0v) is 14.8. The Hall–Kier alpha value is -2.28. The molecule has 0 saturated heterocycles. The number of aryl methyl sites for hydroxylation is 2. The summed E-state index contributed by atoms with van der Waals surface area (Å²) in [5.41, 5.74) is 2.90. The SMILES string of the molecule is CCn1nc(C)c(C(=O)C=Cc2csc(N(C)C(C)=O)n2)c1C. The normalized spacial score (nSPS) is 11.2. The summed E-state index contributed by atoms with van der Waals surface area (Å²) in [6.45, 7) is 7.94. The summed E-state index contributed by atoms with van der Waals surface area (Å²) in [4.78, 5) is 29.5. The van der Waals surface area contributed by atoms with Crippen molar-refractivity contribution in [3.05, 3.63) is 34.1 Å². The number of hydrogen-bond donors (Lipinski definition) is 0. The highest BCUT2D eigenvalue weighted by molar-refractivity contribution is 7.14. The van der Waals surface area contributed by atoms with Gasteiger partial charge in [-0.05, 0) is 32.9 Å². The molecule has 0 radical (unpaired) electrons. The average molecular weight is 332 g/mol. The van der Waals surface area contributed by atoms with Gasteiger partial charge in [-0.25, -0.2) is 4.98 Å². The van der Waals surface area contributed by atoms with Gasteiger partial charge in [-0.15, -0.1) is 11.3 Å². The van der Waals surface area contributed by atoms with E-state index in [-0.39, 0.29) is 11.7 Å². The second-order valence-electron chi connectivity index (χ2n) is 5.19. The first-order valence-corrected chi connectivity index (χ1v) is 8.19. The Bertz CT molecular complexity index is 773. The molecular weight excluding hydrogens is 312 g/mol. The molecule has 0 aliphatic heterocycles. The molecule has 2 aromatic heterocycles. The highest BCUT2D eigenvalue weighted by atomic mass is 32.1. The summed E-state index contributed by atoms with van der Waals surface area (Å²) < 4.78 is 1.82. The van der Waals surface area contributed by atoms with Crippen LogP contribution < -0.4 is 4.90 Å². The molecule has 7 heteroatoms. The van der Waals surface area contributed by atoms with Crippen LogP contribution in [0.4, 0.5) is 5.13 Å². The van der Waals surface area contributed by atoms with E-state index in [1.807, 2.05) is 30.8 Å². The Morgan fingerprint density at radius 1 is 1.39 bits per heavy atom. The van der Waals surface area contributed by atoms with Gasteiger partial charge in [0.1, 0.15) is 0 Å². The third-order valence-corrected chi connectivity index (χ3v) is 4.54. The lowest BCUT2D eigenvalue weighted by Crippen LogP contribution is -2.22. The monoisotopic (exact) mass is 332 g/mol.